The summed E-state index contributed by atoms with van der Waals surface area (Å²) in [6, 6.07) is 4.20. The summed E-state index contributed by atoms with van der Waals surface area (Å²) >= 11 is 0. The Morgan fingerprint density at radius 1 is 1.59 bits per heavy atom. The summed E-state index contributed by atoms with van der Waals surface area (Å²) in [5.74, 6) is 0.0440. The van der Waals surface area contributed by atoms with E-state index in [1.807, 2.05) is 13.8 Å². The van der Waals surface area contributed by atoms with Crippen LogP contribution in [-0.2, 0) is 4.74 Å². The van der Waals surface area contributed by atoms with Crippen LogP contribution >= 0.6 is 0 Å². The van der Waals surface area contributed by atoms with Crippen LogP contribution in [0.5, 0.6) is 5.75 Å². The van der Waals surface area contributed by atoms with Crippen molar-refractivity contribution in [1.82, 2.24) is 0 Å². The van der Waals surface area contributed by atoms with Crippen LogP contribution in [0.4, 0.5) is 4.39 Å². The summed E-state index contributed by atoms with van der Waals surface area (Å²) in [7, 11) is 0. The van der Waals surface area contributed by atoms with Crippen LogP contribution in [0.3, 0.4) is 0 Å². The van der Waals surface area contributed by atoms with Gasteiger partial charge in [0.1, 0.15) is 17.2 Å². The second kappa shape index (κ2) is 4.63. The first-order valence-electron chi connectivity index (χ1n) is 5.78. The van der Waals surface area contributed by atoms with Gasteiger partial charge in [0.15, 0.2) is 0 Å². The van der Waals surface area contributed by atoms with Crippen LogP contribution < -0.4 is 4.74 Å². The van der Waals surface area contributed by atoms with Crippen molar-refractivity contribution in [2.45, 2.75) is 32.0 Å². The van der Waals surface area contributed by atoms with Gasteiger partial charge in [0.2, 0.25) is 0 Å². The van der Waals surface area contributed by atoms with E-state index in [1.54, 1.807) is 6.07 Å². The molecule has 0 aliphatic carbocycles. The summed E-state index contributed by atoms with van der Waals surface area (Å²) in [4.78, 5) is 0. The molecule has 3 nitrogen and oxygen atoms in total. The Morgan fingerprint density at radius 3 is 3.06 bits per heavy atom. The predicted molar refractivity (Wildman–Crippen MR) is 61.5 cm³/mol. The van der Waals surface area contributed by atoms with Crippen molar-refractivity contribution in [2.24, 2.45) is 0 Å². The van der Waals surface area contributed by atoms with Gasteiger partial charge in [-0.25, -0.2) is 4.39 Å². The minimum atomic E-state index is -0.634. The van der Waals surface area contributed by atoms with Crippen LogP contribution in [0, 0.1) is 5.82 Å². The molecule has 1 unspecified atom stereocenters. The molecule has 2 atom stereocenters. The lowest BCUT2D eigenvalue weighted by atomic mass is 9.91. The van der Waals surface area contributed by atoms with Crippen LogP contribution in [0.25, 0.3) is 0 Å². The van der Waals surface area contributed by atoms with Gasteiger partial charge in [-0.3, -0.25) is 0 Å². The van der Waals surface area contributed by atoms with E-state index in [9.17, 15) is 9.50 Å². The van der Waals surface area contributed by atoms with E-state index in [1.165, 1.54) is 12.1 Å². The minimum Gasteiger partial charge on any atom is -0.485 e. The lowest BCUT2D eigenvalue weighted by Crippen LogP contribution is -2.42. The second-order valence-corrected chi connectivity index (χ2v) is 4.59. The monoisotopic (exact) mass is 240 g/mol. The largest absolute Gasteiger partial charge is 0.485 e. The average Bonchev–Trinajstić information content (AvgIpc) is 2.25. The standard InChI is InChI=1S/C13H17FO3/c1-3-16-8-13(2)7-11(15)10-5-4-9(14)6-12(10)17-13/h4-6,11,15H,3,7-8H2,1-2H3/t11-,13?/m0/s1. The molecule has 2 rings (SSSR count). The number of aliphatic hydroxyl groups is 1. The molecule has 1 aliphatic heterocycles. The fourth-order valence-electron chi connectivity index (χ4n) is 2.10. The Labute approximate surface area is 100 Å². The topological polar surface area (TPSA) is 38.7 Å². The third-order valence-electron chi connectivity index (χ3n) is 2.93. The first-order valence-corrected chi connectivity index (χ1v) is 5.78. The molecule has 0 fully saturated rings. The predicted octanol–water partition coefficient (Wildman–Crippen LogP) is 2.44. The first kappa shape index (κ1) is 12.3. The highest BCUT2D eigenvalue weighted by molar-refractivity contribution is 5.38. The van der Waals surface area contributed by atoms with Gasteiger partial charge in [0.05, 0.1) is 12.7 Å². The number of hydrogen-bond donors (Lipinski definition) is 1. The summed E-state index contributed by atoms with van der Waals surface area (Å²) in [6.45, 7) is 4.73. The van der Waals surface area contributed by atoms with Crippen LogP contribution in [0.15, 0.2) is 18.2 Å². The molecule has 0 saturated heterocycles. The van der Waals surface area contributed by atoms with Crippen LogP contribution in [0.2, 0.25) is 0 Å². The maximum atomic E-state index is 13.1. The Hall–Kier alpha value is -1.13. The molecule has 0 amide bonds. The third-order valence-corrected chi connectivity index (χ3v) is 2.93. The molecule has 1 heterocycles. The van der Waals surface area contributed by atoms with Crippen molar-refractivity contribution in [3.63, 3.8) is 0 Å². The summed E-state index contributed by atoms with van der Waals surface area (Å²) < 4.78 is 24.2. The SMILES string of the molecule is CCOCC1(C)C[C@H](O)c2ccc(F)cc2O1. The average molecular weight is 240 g/mol. The molecule has 0 spiro atoms. The van der Waals surface area contributed by atoms with Gasteiger partial charge in [-0.2, -0.15) is 0 Å². The molecule has 17 heavy (non-hydrogen) atoms. The van der Waals surface area contributed by atoms with Crippen molar-refractivity contribution in [1.29, 1.82) is 0 Å². The Morgan fingerprint density at radius 2 is 2.35 bits per heavy atom. The highest BCUT2D eigenvalue weighted by atomic mass is 19.1. The highest BCUT2D eigenvalue weighted by Gasteiger charge is 2.36. The lowest BCUT2D eigenvalue weighted by molar-refractivity contribution is -0.0576. The number of aliphatic hydroxyl groups excluding tert-OH is 1. The third kappa shape index (κ3) is 2.58. The van der Waals surface area contributed by atoms with E-state index in [-0.39, 0.29) is 5.82 Å². The van der Waals surface area contributed by atoms with Crippen molar-refractivity contribution in [2.75, 3.05) is 13.2 Å². The summed E-state index contributed by atoms with van der Waals surface area (Å²) in [6.07, 6.45) is -0.184. The fraction of sp³-hybridized carbons (Fsp3) is 0.538. The highest BCUT2D eigenvalue weighted by Crippen LogP contribution is 2.39. The van der Waals surface area contributed by atoms with Gasteiger partial charge >= 0.3 is 0 Å². The molecule has 0 bridgehead atoms. The van der Waals surface area contributed by atoms with Crippen molar-refractivity contribution >= 4 is 0 Å². The number of ether oxygens (including phenoxy) is 2. The smallest absolute Gasteiger partial charge is 0.132 e. The van der Waals surface area contributed by atoms with E-state index >= 15 is 0 Å². The molecule has 0 saturated carbocycles. The van der Waals surface area contributed by atoms with E-state index in [0.717, 1.165) is 0 Å². The van der Waals surface area contributed by atoms with E-state index in [2.05, 4.69) is 0 Å². The Balaban J connectivity index is 2.25. The zero-order valence-electron chi connectivity index (χ0n) is 10.1. The number of rotatable bonds is 3. The quantitative estimate of drug-likeness (QED) is 0.882. The van der Waals surface area contributed by atoms with Gasteiger partial charge in [-0.15, -0.1) is 0 Å². The van der Waals surface area contributed by atoms with Gasteiger partial charge in [0.25, 0.3) is 0 Å². The summed E-state index contributed by atoms with van der Waals surface area (Å²) in [5, 5.41) is 10.0. The molecule has 0 aromatic heterocycles. The zero-order chi connectivity index (χ0) is 12.5. The van der Waals surface area contributed by atoms with Gasteiger partial charge < -0.3 is 14.6 Å². The first-order chi connectivity index (χ1) is 8.04. The van der Waals surface area contributed by atoms with Crippen LogP contribution in [-0.4, -0.2) is 23.9 Å². The lowest BCUT2D eigenvalue weighted by Gasteiger charge is -2.37. The molecule has 94 valence electrons. The number of fused-ring (bicyclic) bond motifs is 1. The fourth-order valence-corrected chi connectivity index (χ4v) is 2.10. The minimum absolute atomic E-state index is 0.364. The Kier molecular flexibility index (Phi) is 3.35. The van der Waals surface area contributed by atoms with Crippen molar-refractivity contribution in [3.8, 4) is 5.75 Å². The molecular formula is C13H17FO3. The van der Waals surface area contributed by atoms with Gasteiger partial charge in [0, 0.05) is 24.7 Å². The molecule has 4 heteroatoms. The van der Waals surface area contributed by atoms with Gasteiger partial charge in [-0.1, -0.05) is 0 Å². The van der Waals surface area contributed by atoms with Crippen molar-refractivity contribution in [3.05, 3.63) is 29.6 Å². The molecule has 0 radical (unpaired) electrons. The number of hydrogen-bond acceptors (Lipinski definition) is 3. The second-order valence-electron chi connectivity index (χ2n) is 4.59. The number of halogens is 1. The van der Waals surface area contributed by atoms with E-state index < -0.39 is 11.7 Å². The molecule has 1 aromatic rings. The molecule has 1 aromatic carbocycles. The Bertz CT molecular complexity index is 408. The maximum absolute atomic E-state index is 13.1. The maximum Gasteiger partial charge on any atom is 0.132 e. The molecular weight excluding hydrogens is 223 g/mol. The normalized spacial score (nSPS) is 27.4. The van der Waals surface area contributed by atoms with Crippen LogP contribution in [0.1, 0.15) is 31.9 Å². The van der Waals surface area contributed by atoms with E-state index in [4.69, 9.17) is 9.47 Å². The van der Waals surface area contributed by atoms with Gasteiger partial charge in [-0.05, 0) is 26.0 Å². The zero-order valence-corrected chi connectivity index (χ0v) is 10.1. The summed E-state index contributed by atoms with van der Waals surface area (Å²) in [5.41, 5.74) is 0.0383. The van der Waals surface area contributed by atoms with Crippen molar-refractivity contribution < 1.29 is 19.0 Å². The van der Waals surface area contributed by atoms with E-state index in [0.29, 0.717) is 30.9 Å². The number of benzene rings is 1. The molecule has 1 N–H and O–H groups in total. The molecule has 1 aliphatic rings.